The van der Waals surface area contributed by atoms with Crippen molar-refractivity contribution in [2.75, 3.05) is 27.4 Å². The zero-order valence-electron chi connectivity index (χ0n) is 18.5. The lowest BCUT2D eigenvalue weighted by Crippen LogP contribution is -2.31. The van der Waals surface area contributed by atoms with Crippen LogP contribution in [0.5, 0.6) is 11.5 Å². The van der Waals surface area contributed by atoms with Gasteiger partial charge < -0.3 is 24.2 Å². The topological polar surface area (TPSA) is 102 Å². The highest BCUT2D eigenvalue weighted by atomic mass is 35.5. The first-order valence-corrected chi connectivity index (χ1v) is 10.6. The van der Waals surface area contributed by atoms with Gasteiger partial charge in [0.05, 0.1) is 23.7 Å². The summed E-state index contributed by atoms with van der Waals surface area (Å²) < 4.78 is 15.5. The zero-order valence-corrected chi connectivity index (χ0v) is 19.2. The van der Waals surface area contributed by atoms with Gasteiger partial charge in [0.2, 0.25) is 0 Å². The van der Waals surface area contributed by atoms with Crippen LogP contribution in [-0.2, 0) is 19.1 Å². The molecule has 1 amide bonds. The molecule has 1 fully saturated rings. The van der Waals surface area contributed by atoms with E-state index in [2.05, 4.69) is 0 Å². The van der Waals surface area contributed by atoms with Crippen LogP contribution in [0.25, 0.3) is 5.76 Å². The van der Waals surface area contributed by atoms with Crippen LogP contribution in [0.4, 0.5) is 0 Å². The lowest BCUT2D eigenvalue weighted by atomic mass is 9.95. The molecule has 1 saturated heterocycles. The van der Waals surface area contributed by atoms with E-state index < -0.39 is 23.7 Å². The van der Waals surface area contributed by atoms with E-state index >= 15 is 0 Å². The highest BCUT2D eigenvalue weighted by Gasteiger charge is 2.46. The molecule has 0 radical (unpaired) electrons. The maximum absolute atomic E-state index is 13.0. The average molecular weight is 474 g/mol. The zero-order chi connectivity index (χ0) is 24.1. The fourth-order valence-electron chi connectivity index (χ4n) is 3.71. The van der Waals surface area contributed by atoms with Gasteiger partial charge in [-0.25, -0.2) is 0 Å². The van der Waals surface area contributed by atoms with Crippen LogP contribution in [0.15, 0.2) is 48.0 Å². The molecule has 1 unspecified atom stereocenters. The minimum Gasteiger partial charge on any atom is -0.507 e. The molecule has 0 aliphatic carbocycles. The summed E-state index contributed by atoms with van der Waals surface area (Å²) in [7, 11) is 2.97. The first kappa shape index (κ1) is 24.3. The monoisotopic (exact) mass is 473 g/mol. The number of aliphatic hydroxyl groups is 1. The summed E-state index contributed by atoms with van der Waals surface area (Å²) in [6.45, 7) is 1.89. The predicted molar refractivity (Wildman–Crippen MR) is 121 cm³/mol. The third kappa shape index (κ3) is 5.18. The number of aliphatic hydroxyl groups excluding tert-OH is 1. The maximum Gasteiger partial charge on any atom is 0.308 e. The molecule has 0 saturated carbocycles. The Balaban J connectivity index is 2.15. The Hall–Kier alpha value is -3.36. The Labute approximate surface area is 196 Å². The summed E-state index contributed by atoms with van der Waals surface area (Å²) in [5.41, 5.74) is 0.696. The minimum atomic E-state index is -0.890. The Morgan fingerprint density at radius 1 is 1.15 bits per heavy atom. The standard InChI is InChI=1S/C24H24ClNO7/c1-14(27)33-17-7-4-6-15(12-17)21-20(23(29)24(30)26(21)10-5-11-31-2)22(28)16-8-9-18(25)19(13-16)32-3/h4,6-9,12-13,21,28H,5,10-11H2,1-3H3/b22-20-. The normalized spacial score (nSPS) is 17.3. The van der Waals surface area contributed by atoms with Gasteiger partial charge in [-0.2, -0.15) is 0 Å². The van der Waals surface area contributed by atoms with Gasteiger partial charge in [-0.05, 0) is 42.3 Å². The van der Waals surface area contributed by atoms with Gasteiger partial charge in [0, 0.05) is 32.7 Å². The molecular formula is C24H24ClNO7. The lowest BCUT2D eigenvalue weighted by Gasteiger charge is -2.25. The van der Waals surface area contributed by atoms with Gasteiger partial charge in [0.15, 0.2) is 0 Å². The summed E-state index contributed by atoms with van der Waals surface area (Å²) in [5.74, 6) is -1.85. The van der Waals surface area contributed by atoms with Crippen molar-refractivity contribution in [3.63, 3.8) is 0 Å². The number of halogens is 1. The van der Waals surface area contributed by atoms with Crippen molar-refractivity contribution in [2.24, 2.45) is 0 Å². The van der Waals surface area contributed by atoms with E-state index in [0.29, 0.717) is 29.4 Å². The highest BCUT2D eigenvalue weighted by Crippen LogP contribution is 2.41. The van der Waals surface area contributed by atoms with E-state index in [1.54, 1.807) is 31.4 Å². The van der Waals surface area contributed by atoms with Crippen molar-refractivity contribution in [1.29, 1.82) is 0 Å². The SMILES string of the molecule is COCCCN1C(=O)C(=O)/C(=C(\O)c2ccc(Cl)c(OC)c2)C1c1cccc(OC(C)=O)c1. The van der Waals surface area contributed by atoms with Gasteiger partial charge in [-0.15, -0.1) is 0 Å². The molecule has 174 valence electrons. The van der Waals surface area contributed by atoms with Crippen molar-refractivity contribution in [2.45, 2.75) is 19.4 Å². The van der Waals surface area contributed by atoms with Crippen LogP contribution >= 0.6 is 11.6 Å². The number of likely N-dealkylation sites (tertiary alicyclic amines) is 1. The Kier molecular flexibility index (Phi) is 7.73. The average Bonchev–Trinajstić information content (AvgIpc) is 3.04. The molecule has 0 bridgehead atoms. The second-order valence-electron chi connectivity index (χ2n) is 7.35. The second-order valence-corrected chi connectivity index (χ2v) is 7.76. The molecule has 33 heavy (non-hydrogen) atoms. The molecule has 1 aliphatic rings. The number of ether oxygens (including phenoxy) is 3. The first-order valence-electron chi connectivity index (χ1n) is 10.2. The van der Waals surface area contributed by atoms with E-state index in [9.17, 15) is 19.5 Å². The fourth-order valence-corrected chi connectivity index (χ4v) is 3.91. The number of nitrogens with zero attached hydrogens (tertiary/aromatic N) is 1. The van der Waals surface area contributed by atoms with Crippen LogP contribution in [-0.4, -0.2) is 55.0 Å². The van der Waals surface area contributed by atoms with Crippen molar-refractivity contribution in [1.82, 2.24) is 4.90 Å². The van der Waals surface area contributed by atoms with Crippen LogP contribution < -0.4 is 9.47 Å². The molecule has 1 atom stereocenters. The largest absolute Gasteiger partial charge is 0.507 e. The third-order valence-corrected chi connectivity index (χ3v) is 5.46. The van der Waals surface area contributed by atoms with Gasteiger partial charge >= 0.3 is 5.97 Å². The van der Waals surface area contributed by atoms with E-state index in [4.69, 9.17) is 25.8 Å². The number of hydrogen-bond donors (Lipinski definition) is 1. The van der Waals surface area contributed by atoms with Crippen molar-refractivity contribution >= 4 is 35.0 Å². The second kappa shape index (κ2) is 10.5. The summed E-state index contributed by atoms with van der Waals surface area (Å²) >= 11 is 6.08. The van der Waals surface area contributed by atoms with E-state index in [0.717, 1.165) is 0 Å². The Bertz CT molecular complexity index is 1110. The summed E-state index contributed by atoms with van der Waals surface area (Å²) in [6.07, 6.45) is 0.485. The number of hydrogen-bond acceptors (Lipinski definition) is 7. The quantitative estimate of drug-likeness (QED) is 0.156. The number of rotatable bonds is 8. The number of carbonyl (C=O) groups is 3. The Morgan fingerprint density at radius 2 is 1.91 bits per heavy atom. The molecule has 0 spiro atoms. The van der Waals surface area contributed by atoms with Crippen LogP contribution in [0.3, 0.4) is 0 Å². The highest BCUT2D eigenvalue weighted by molar-refractivity contribution is 6.46. The molecule has 2 aromatic rings. The van der Waals surface area contributed by atoms with Crippen LogP contribution in [0.1, 0.15) is 30.5 Å². The minimum absolute atomic E-state index is 0.0817. The summed E-state index contributed by atoms with van der Waals surface area (Å²) in [6, 6.07) is 10.2. The molecule has 2 aromatic carbocycles. The maximum atomic E-state index is 13.0. The fraction of sp³-hybridized carbons (Fsp3) is 0.292. The number of amides is 1. The number of methoxy groups -OCH3 is 2. The number of carbonyl (C=O) groups excluding carboxylic acids is 3. The van der Waals surface area contributed by atoms with Gasteiger partial charge in [0.1, 0.15) is 17.3 Å². The number of esters is 1. The van der Waals surface area contributed by atoms with E-state index in [1.165, 1.54) is 37.1 Å². The molecule has 3 rings (SSSR count). The molecule has 0 aromatic heterocycles. The third-order valence-electron chi connectivity index (χ3n) is 5.15. The van der Waals surface area contributed by atoms with Crippen LogP contribution in [0.2, 0.25) is 5.02 Å². The lowest BCUT2D eigenvalue weighted by molar-refractivity contribution is -0.140. The molecule has 9 heteroatoms. The summed E-state index contributed by atoms with van der Waals surface area (Å²) in [4.78, 5) is 38.8. The van der Waals surface area contributed by atoms with Crippen LogP contribution in [0, 0.1) is 0 Å². The number of ketones is 1. The summed E-state index contributed by atoms with van der Waals surface area (Å²) in [5, 5.41) is 11.5. The Morgan fingerprint density at radius 3 is 2.58 bits per heavy atom. The van der Waals surface area contributed by atoms with Gasteiger partial charge in [0.25, 0.3) is 11.7 Å². The first-order chi connectivity index (χ1) is 15.8. The molecule has 1 N–H and O–H groups in total. The van der Waals surface area contributed by atoms with Gasteiger partial charge in [-0.3, -0.25) is 14.4 Å². The predicted octanol–water partition coefficient (Wildman–Crippen LogP) is 3.73. The molecule has 1 heterocycles. The molecular weight excluding hydrogens is 450 g/mol. The number of benzene rings is 2. The van der Waals surface area contributed by atoms with Crippen molar-refractivity contribution in [3.05, 3.63) is 64.2 Å². The molecule has 8 nitrogen and oxygen atoms in total. The number of Topliss-reactive ketones (excluding diaryl/α,β-unsaturated/α-hetero) is 1. The van der Waals surface area contributed by atoms with E-state index in [1.807, 2.05) is 0 Å². The van der Waals surface area contributed by atoms with Crippen molar-refractivity contribution in [3.8, 4) is 11.5 Å². The van der Waals surface area contributed by atoms with Gasteiger partial charge in [-0.1, -0.05) is 23.7 Å². The molecule has 1 aliphatic heterocycles. The van der Waals surface area contributed by atoms with Crippen molar-refractivity contribution < 1.29 is 33.7 Å². The smallest absolute Gasteiger partial charge is 0.308 e. The van der Waals surface area contributed by atoms with E-state index in [-0.39, 0.29) is 29.2 Å².